The number of benzene rings is 1. The maximum Gasteiger partial charge on any atom is 0.241 e. The number of rotatable bonds is 2. The van der Waals surface area contributed by atoms with Crippen LogP contribution < -0.4 is 5.73 Å². The molecule has 3 heteroatoms. The van der Waals surface area contributed by atoms with Crippen LogP contribution in [0.25, 0.3) is 17.0 Å². The summed E-state index contributed by atoms with van der Waals surface area (Å²) in [6.07, 6.45) is 4.74. The number of amides is 1. The van der Waals surface area contributed by atoms with Crippen LogP contribution in [0, 0.1) is 0 Å². The van der Waals surface area contributed by atoms with E-state index >= 15 is 0 Å². The molecule has 0 radical (unpaired) electrons. The molecular formula is C12H10N2O. The predicted octanol–water partition coefficient (Wildman–Crippen LogP) is 1.73. The fourth-order valence-corrected chi connectivity index (χ4v) is 1.43. The van der Waals surface area contributed by atoms with Crippen LogP contribution in [0.5, 0.6) is 0 Å². The third-order valence-electron chi connectivity index (χ3n) is 2.09. The van der Waals surface area contributed by atoms with Crippen LogP contribution in [-0.4, -0.2) is 10.9 Å². The second-order valence-corrected chi connectivity index (χ2v) is 3.16. The number of carbonyl (C=O) groups is 1. The lowest BCUT2D eigenvalue weighted by molar-refractivity contribution is -0.113. The third kappa shape index (κ3) is 2.02. The van der Waals surface area contributed by atoms with Crippen LogP contribution in [0.3, 0.4) is 0 Å². The lowest BCUT2D eigenvalue weighted by atomic mass is 10.1. The molecule has 0 spiro atoms. The normalized spacial score (nSPS) is 10.9. The largest absolute Gasteiger partial charge is 0.366 e. The second-order valence-electron chi connectivity index (χ2n) is 3.16. The first-order chi connectivity index (χ1) is 7.27. The summed E-state index contributed by atoms with van der Waals surface area (Å²) in [5, 5.41) is 1.05. The van der Waals surface area contributed by atoms with E-state index in [2.05, 4.69) is 4.98 Å². The van der Waals surface area contributed by atoms with Crippen molar-refractivity contribution in [2.45, 2.75) is 0 Å². The highest BCUT2D eigenvalue weighted by molar-refractivity contribution is 5.94. The number of nitrogens with zero attached hydrogens (tertiary/aromatic N) is 1. The molecule has 0 saturated heterocycles. The Morgan fingerprint density at radius 3 is 2.87 bits per heavy atom. The molecular weight excluding hydrogens is 188 g/mol. The van der Waals surface area contributed by atoms with E-state index in [0.717, 1.165) is 16.5 Å². The van der Waals surface area contributed by atoms with Gasteiger partial charge in [-0.05, 0) is 12.1 Å². The minimum atomic E-state index is -0.456. The Morgan fingerprint density at radius 1 is 1.27 bits per heavy atom. The number of pyridine rings is 1. The van der Waals surface area contributed by atoms with Gasteiger partial charge in [0.25, 0.3) is 0 Å². The molecule has 3 nitrogen and oxygen atoms in total. The molecule has 1 heterocycles. The zero-order valence-electron chi connectivity index (χ0n) is 8.05. The van der Waals surface area contributed by atoms with Gasteiger partial charge in [0.2, 0.25) is 5.91 Å². The van der Waals surface area contributed by atoms with Gasteiger partial charge >= 0.3 is 0 Å². The van der Waals surface area contributed by atoms with E-state index in [-0.39, 0.29) is 0 Å². The summed E-state index contributed by atoms with van der Waals surface area (Å²) in [6.45, 7) is 0. The highest BCUT2D eigenvalue weighted by Gasteiger charge is 1.97. The standard InChI is InChI=1S/C12H10N2O/c13-11(15)7-6-10-4-1-3-9-5-2-8-14-12(9)10/h1-8H,(H2,13,15)/b7-6-. The molecule has 2 rings (SSSR count). The van der Waals surface area contributed by atoms with Crippen LogP contribution >= 0.6 is 0 Å². The second kappa shape index (κ2) is 3.92. The Hall–Kier alpha value is -2.16. The molecule has 0 saturated carbocycles. The third-order valence-corrected chi connectivity index (χ3v) is 2.09. The molecule has 0 fully saturated rings. The Kier molecular flexibility index (Phi) is 2.46. The maximum atomic E-state index is 10.6. The van der Waals surface area contributed by atoms with E-state index in [0.29, 0.717) is 0 Å². The van der Waals surface area contributed by atoms with Crippen molar-refractivity contribution in [2.75, 3.05) is 0 Å². The van der Waals surface area contributed by atoms with E-state index in [1.54, 1.807) is 12.3 Å². The number of para-hydroxylation sites is 1. The van der Waals surface area contributed by atoms with Crippen molar-refractivity contribution in [2.24, 2.45) is 5.73 Å². The molecule has 15 heavy (non-hydrogen) atoms. The summed E-state index contributed by atoms with van der Waals surface area (Å²) < 4.78 is 0. The molecule has 2 aromatic rings. The zero-order chi connectivity index (χ0) is 10.7. The maximum absolute atomic E-state index is 10.6. The van der Waals surface area contributed by atoms with Gasteiger partial charge in [-0.25, -0.2) is 0 Å². The number of nitrogens with two attached hydrogens (primary N) is 1. The predicted molar refractivity (Wildman–Crippen MR) is 60.0 cm³/mol. The summed E-state index contributed by atoms with van der Waals surface area (Å²) in [5.74, 6) is -0.456. The van der Waals surface area contributed by atoms with Gasteiger partial charge in [-0.2, -0.15) is 0 Å². The average molecular weight is 198 g/mol. The van der Waals surface area contributed by atoms with Gasteiger partial charge in [0.05, 0.1) is 5.52 Å². The van der Waals surface area contributed by atoms with Crippen molar-refractivity contribution in [3.05, 3.63) is 48.2 Å². The summed E-state index contributed by atoms with van der Waals surface area (Å²) in [6, 6.07) is 9.65. The van der Waals surface area contributed by atoms with Gasteiger partial charge in [0, 0.05) is 23.2 Å². The van der Waals surface area contributed by atoms with Crippen molar-refractivity contribution in [1.29, 1.82) is 0 Å². The molecule has 2 N–H and O–H groups in total. The molecule has 74 valence electrons. The Bertz CT molecular complexity index is 527. The van der Waals surface area contributed by atoms with Gasteiger partial charge in [-0.15, -0.1) is 0 Å². The van der Waals surface area contributed by atoms with Crippen LogP contribution in [-0.2, 0) is 4.79 Å². The fourth-order valence-electron chi connectivity index (χ4n) is 1.43. The highest BCUT2D eigenvalue weighted by Crippen LogP contribution is 2.16. The number of primary amides is 1. The van der Waals surface area contributed by atoms with E-state index < -0.39 is 5.91 Å². The number of fused-ring (bicyclic) bond motifs is 1. The zero-order valence-corrected chi connectivity index (χ0v) is 8.05. The summed E-state index contributed by atoms with van der Waals surface area (Å²) >= 11 is 0. The Morgan fingerprint density at radius 2 is 2.07 bits per heavy atom. The van der Waals surface area contributed by atoms with Crippen LogP contribution in [0.15, 0.2) is 42.6 Å². The first-order valence-electron chi connectivity index (χ1n) is 4.58. The lowest BCUT2D eigenvalue weighted by Crippen LogP contribution is -2.05. The average Bonchev–Trinajstić information content (AvgIpc) is 2.26. The number of hydrogen-bond donors (Lipinski definition) is 1. The van der Waals surface area contributed by atoms with Crippen molar-refractivity contribution < 1.29 is 4.79 Å². The van der Waals surface area contributed by atoms with Crippen LogP contribution in [0.4, 0.5) is 0 Å². The van der Waals surface area contributed by atoms with Crippen molar-refractivity contribution in [1.82, 2.24) is 4.98 Å². The molecule has 0 bridgehead atoms. The SMILES string of the molecule is NC(=O)/C=C\c1cccc2cccnc12. The summed E-state index contributed by atoms with van der Waals surface area (Å²) in [7, 11) is 0. The van der Waals surface area contributed by atoms with E-state index in [9.17, 15) is 4.79 Å². The minimum absolute atomic E-state index is 0.456. The smallest absolute Gasteiger partial charge is 0.241 e. The van der Waals surface area contributed by atoms with Gasteiger partial charge in [-0.3, -0.25) is 9.78 Å². The van der Waals surface area contributed by atoms with Crippen LogP contribution in [0.1, 0.15) is 5.56 Å². The van der Waals surface area contributed by atoms with Gasteiger partial charge in [0.1, 0.15) is 0 Å². The first-order valence-corrected chi connectivity index (χ1v) is 4.58. The van der Waals surface area contributed by atoms with Gasteiger partial charge in [0.15, 0.2) is 0 Å². The minimum Gasteiger partial charge on any atom is -0.366 e. The van der Waals surface area contributed by atoms with Crippen molar-refractivity contribution >= 4 is 22.9 Å². The fraction of sp³-hybridized carbons (Fsp3) is 0. The molecule has 0 aliphatic carbocycles. The first kappa shape index (κ1) is 9.40. The molecule has 0 atom stereocenters. The van der Waals surface area contributed by atoms with Crippen molar-refractivity contribution in [3.63, 3.8) is 0 Å². The molecule has 1 amide bonds. The number of carbonyl (C=O) groups excluding carboxylic acids is 1. The molecule has 1 aromatic heterocycles. The molecule has 0 unspecified atom stereocenters. The highest BCUT2D eigenvalue weighted by atomic mass is 16.1. The Labute approximate surface area is 87.2 Å². The number of hydrogen-bond acceptors (Lipinski definition) is 2. The molecule has 1 aromatic carbocycles. The van der Waals surface area contributed by atoms with Gasteiger partial charge in [-0.1, -0.05) is 24.3 Å². The van der Waals surface area contributed by atoms with E-state index in [1.165, 1.54) is 6.08 Å². The topological polar surface area (TPSA) is 56.0 Å². The van der Waals surface area contributed by atoms with Crippen LogP contribution in [0.2, 0.25) is 0 Å². The lowest BCUT2D eigenvalue weighted by Gasteiger charge is -1.99. The quantitative estimate of drug-likeness (QED) is 0.747. The molecule has 0 aliphatic rings. The summed E-state index contributed by atoms with van der Waals surface area (Å²) in [5.41, 5.74) is 6.81. The number of aromatic nitrogens is 1. The van der Waals surface area contributed by atoms with Gasteiger partial charge < -0.3 is 5.73 Å². The summed E-state index contributed by atoms with van der Waals surface area (Å²) in [4.78, 5) is 14.9. The monoisotopic (exact) mass is 198 g/mol. The van der Waals surface area contributed by atoms with E-state index in [4.69, 9.17) is 5.73 Å². The molecule has 0 aliphatic heterocycles. The van der Waals surface area contributed by atoms with Crippen molar-refractivity contribution in [3.8, 4) is 0 Å². The Balaban J connectivity index is 2.56. The van der Waals surface area contributed by atoms with E-state index in [1.807, 2.05) is 30.3 Å².